The summed E-state index contributed by atoms with van der Waals surface area (Å²) < 4.78 is 54.3. The summed E-state index contributed by atoms with van der Waals surface area (Å²) in [5, 5.41) is 3.69. The Morgan fingerprint density at radius 3 is 2.67 bits per heavy atom. The van der Waals surface area contributed by atoms with Crippen LogP contribution in [0.4, 0.5) is 14.7 Å². The van der Waals surface area contributed by atoms with Gasteiger partial charge in [-0.2, -0.15) is 0 Å². The minimum absolute atomic E-state index is 0.0110. The molecule has 3 aromatic rings. The molecule has 1 saturated heterocycles. The highest BCUT2D eigenvalue weighted by atomic mass is 32.2. The number of halogens is 2. The molecule has 2 aromatic heterocycles. The number of sulfonamides is 1. The van der Waals surface area contributed by atoms with Crippen LogP contribution in [0.15, 0.2) is 36.7 Å². The van der Waals surface area contributed by atoms with Gasteiger partial charge in [0.15, 0.2) is 5.82 Å². The van der Waals surface area contributed by atoms with Crippen molar-refractivity contribution in [2.75, 3.05) is 24.2 Å². The van der Waals surface area contributed by atoms with Gasteiger partial charge in [-0.15, -0.1) is 0 Å². The van der Waals surface area contributed by atoms with Crippen LogP contribution in [0.25, 0.3) is 22.2 Å². The Hall–Kier alpha value is -2.72. The van der Waals surface area contributed by atoms with Gasteiger partial charge in [-0.1, -0.05) is 6.07 Å². The molecule has 7 nitrogen and oxygen atoms in total. The maximum Gasteiger partial charge on any atom is 0.223 e. The lowest BCUT2D eigenvalue weighted by molar-refractivity contribution is 0.329. The molecular formula is C20H21F2N5O2S. The fourth-order valence-corrected chi connectivity index (χ4v) is 4.70. The minimum Gasteiger partial charge on any atom is -0.351 e. The summed E-state index contributed by atoms with van der Waals surface area (Å²) in [5.74, 6) is -0.921. The lowest BCUT2D eigenvalue weighted by Crippen LogP contribution is -2.43. The van der Waals surface area contributed by atoms with E-state index in [1.807, 2.05) is 0 Å². The van der Waals surface area contributed by atoms with E-state index in [1.165, 1.54) is 16.6 Å². The molecule has 1 N–H and O–H groups in total. The van der Waals surface area contributed by atoms with E-state index < -0.39 is 21.7 Å². The first-order valence-electron chi connectivity index (χ1n) is 9.69. The maximum absolute atomic E-state index is 14.4. The highest BCUT2D eigenvalue weighted by molar-refractivity contribution is 7.89. The van der Waals surface area contributed by atoms with Gasteiger partial charge in [-0.25, -0.2) is 31.5 Å². The molecule has 0 bridgehead atoms. The molecule has 4 rings (SSSR count). The van der Waals surface area contributed by atoms with E-state index in [1.54, 1.807) is 25.1 Å². The number of nitrogens with one attached hydrogen (secondary N) is 1. The normalized spacial score (nSPS) is 16.1. The fourth-order valence-electron chi connectivity index (χ4n) is 3.57. The molecular weight excluding hydrogens is 412 g/mol. The molecule has 10 heteroatoms. The second-order valence-corrected chi connectivity index (χ2v) is 9.40. The van der Waals surface area contributed by atoms with E-state index in [9.17, 15) is 17.2 Å². The fraction of sp³-hybridized carbons (Fsp3) is 0.350. The van der Waals surface area contributed by atoms with Crippen LogP contribution in [-0.4, -0.2) is 52.6 Å². The second kappa shape index (κ2) is 8.19. The van der Waals surface area contributed by atoms with Crippen LogP contribution >= 0.6 is 0 Å². The molecule has 0 unspecified atom stereocenters. The van der Waals surface area contributed by atoms with E-state index in [0.717, 1.165) is 6.20 Å². The number of pyridine rings is 1. The van der Waals surface area contributed by atoms with Gasteiger partial charge in [-0.3, -0.25) is 4.98 Å². The van der Waals surface area contributed by atoms with E-state index in [-0.39, 0.29) is 29.0 Å². The molecule has 1 aliphatic heterocycles. The Bertz CT molecular complexity index is 1180. The summed E-state index contributed by atoms with van der Waals surface area (Å²) >= 11 is 0. The Labute approximate surface area is 173 Å². The van der Waals surface area contributed by atoms with Gasteiger partial charge in [-0.05, 0) is 38.0 Å². The second-order valence-electron chi connectivity index (χ2n) is 7.14. The van der Waals surface area contributed by atoms with E-state index in [2.05, 4.69) is 20.3 Å². The van der Waals surface area contributed by atoms with Crippen molar-refractivity contribution in [3.05, 3.63) is 48.3 Å². The highest BCUT2D eigenvalue weighted by Gasteiger charge is 2.27. The molecule has 0 atom stereocenters. The minimum atomic E-state index is -3.20. The van der Waals surface area contributed by atoms with Crippen LogP contribution in [0.3, 0.4) is 0 Å². The molecule has 1 aromatic carbocycles. The van der Waals surface area contributed by atoms with Gasteiger partial charge in [0.2, 0.25) is 16.0 Å². The topological polar surface area (TPSA) is 88.1 Å². The quantitative estimate of drug-likeness (QED) is 0.665. The molecule has 30 heavy (non-hydrogen) atoms. The molecule has 1 aliphatic rings. The average molecular weight is 433 g/mol. The third kappa shape index (κ3) is 4.10. The van der Waals surface area contributed by atoms with Crippen LogP contribution in [0.5, 0.6) is 0 Å². The van der Waals surface area contributed by atoms with E-state index >= 15 is 0 Å². The van der Waals surface area contributed by atoms with Gasteiger partial charge in [0.25, 0.3) is 0 Å². The smallest absolute Gasteiger partial charge is 0.223 e. The summed E-state index contributed by atoms with van der Waals surface area (Å²) in [5.41, 5.74) is 0.491. The Balaban J connectivity index is 1.55. The number of anilines is 1. The Morgan fingerprint density at radius 2 is 1.93 bits per heavy atom. The van der Waals surface area contributed by atoms with Gasteiger partial charge in [0.05, 0.1) is 11.9 Å². The molecule has 0 spiro atoms. The first-order chi connectivity index (χ1) is 14.4. The van der Waals surface area contributed by atoms with Gasteiger partial charge in [0.1, 0.15) is 17.0 Å². The number of aromatic nitrogens is 3. The zero-order valence-electron chi connectivity index (χ0n) is 16.3. The van der Waals surface area contributed by atoms with Crippen LogP contribution in [0, 0.1) is 11.6 Å². The average Bonchev–Trinajstić information content (AvgIpc) is 2.75. The largest absolute Gasteiger partial charge is 0.351 e. The molecule has 3 heterocycles. The third-order valence-electron chi connectivity index (χ3n) is 5.22. The lowest BCUT2D eigenvalue weighted by atomic mass is 10.1. The van der Waals surface area contributed by atoms with Crippen molar-refractivity contribution >= 4 is 26.9 Å². The monoisotopic (exact) mass is 433 g/mol. The van der Waals surface area contributed by atoms with Gasteiger partial charge < -0.3 is 5.32 Å². The van der Waals surface area contributed by atoms with Crippen molar-refractivity contribution in [3.63, 3.8) is 0 Å². The number of rotatable bonds is 5. The lowest BCUT2D eigenvalue weighted by Gasteiger charge is -2.31. The number of hydrogen-bond donors (Lipinski definition) is 1. The van der Waals surface area contributed by atoms with Crippen molar-refractivity contribution < 1.29 is 17.2 Å². The molecule has 1 fully saturated rings. The standard InChI is InChI=1S/C20H21F2N5O2S/c1-2-30(28,29)27-8-5-15(6-9-27)25-20-24-12-17(22)19(26-20)14-10-13-4-3-7-23-18(13)16(21)11-14/h3-4,7,10-12,15H,2,5-6,8-9H2,1H3,(H,24,25,26). The zero-order valence-corrected chi connectivity index (χ0v) is 17.2. The maximum atomic E-state index is 14.4. The first kappa shape index (κ1) is 20.5. The molecule has 158 valence electrons. The van der Waals surface area contributed by atoms with Gasteiger partial charge in [0, 0.05) is 36.3 Å². The number of fused-ring (bicyclic) bond motifs is 1. The van der Waals surface area contributed by atoms with Gasteiger partial charge >= 0.3 is 0 Å². The SMILES string of the molecule is CCS(=O)(=O)N1CCC(Nc2ncc(F)c(-c3cc(F)c4ncccc4c3)n2)CC1. The molecule has 0 amide bonds. The molecule has 0 radical (unpaired) electrons. The van der Waals surface area contributed by atoms with Crippen LogP contribution < -0.4 is 5.32 Å². The Kier molecular flexibility index (Phi) is 5.61. The summed E-state index contributed by atoms with van der Waals surface area (Å²) in [4.78, 5) is 12.2. The number of piperidine rings is 1. The predicted octanol–water partition coefficient (Wildman–Crippen LogP) is 3.20. The highest BCUT2D eigenvalue weighted by Crippen LogP contribution is 2.27. The summed E-state index contributed by atoms with van der Waals surface area (Å²) in [6.07, 6.45) is 3.72. The van der Waals surface area contributed by atoms with Crippen molar-refractivity contribution in [2.45, 2.75) is 25.8 Å². The van der Waals surface area contributed by atoms with Crippen LogP contribution in [0.1, 0.15) is 19.8 Å². The summed E-state index contributed by atoms with van der Waals surface area (Å²) in [6.45, 7) is 2.44. The third-order valence-corrected chi connectivity index (χ3v) is 7.10. The van der Waals surface area contributed by atoms with Crippen molar-refractivity contribution in [1.29, 1.82) is 0 Å². The van der Waals surface area contributed by atoms with Crippen LogP contribution in [0.2, 0.25) is 0 Å². The first-order valence-corrected chi connectivity index (χ1v) is 11.3. The number of hydrogen-bond acceptors (Lipinski definition) is 6. The van der Waals surface area contributed by atoms with Crippen molar-refractivity contribution in [1.82, 2.24) is 19.3 Å². The number of benzene rings is 1. The molecule has 0 aliphatic carbocycles. The predicted molar refractivity (Wildman–Crippen MR) is 110 cm³/mol. The van der Waals surface area contributed by atoms with E-state index in [0.29, 0.717) is 36.9 Å². The summed E-state index contributed by atoms with van der Waals surface area (Å²) in [7, 11) is -3.20. The van der Waals surface area contributed by atoms with Crippen LogP contribution in [-0.2, 0) is 10.0 Å². The van der Waals surface area contributed by atoms with E-state index in [4.69, 9.17) is 0 Å². The number of nitrogens with zero attached hydrogens (tertiary/aromatic N) is 4. The summed E-state index contributed by atoms with van der Waals surface area (Å²) in [6, 6.07) is 6.18. The zero-order chi connectivity index (χ0) is 21.3. The van der Waals surface area contributed by atoms with Crippen molar-refractivity contribution in [2.24, 2.45) is 0 Å². The Morgan fingerprint density at radius 1 is 1.17 bits per heavy atom. The molecule has 0 saturated carbocycles. The van der Waals surface area contributed by atoms with Crippen molar-refractivity contribution in [3.8, 4) is 11.3 Å².